The lowest BCUT2D eigenvalue weighted by atomic mass is 9.58. The highest BCUT2D eigenvalue weighted by atomic mass is 16.5. The number of rotatable bonds is 3. The van der Waals surface area contributed by atoms with Crippen LogP contribution in [0, 0.1) is 0 Å². The van der Waals surface area contributed by atoms with Crippen molar-refractivity contribution in [2.75, 3.05) is 26.3 Å². The van der Waals surface area contributed by atoms with Gasteiger partial charge in [-0.15, -0.1) is 0 Å². The third-order valence-corrected chi connectivity index (χ3v) is 5.49. The second-order valence-corrected chi connectivity index (χ2v) is 6.58. The second kappa shape index (κ2) is 4.50. The van der Waals surface area contributed by atoms with Crippen LogP contribution in [0.25, 0.3) is 0 Å². The Bertz CT molecular complexity index is 742. The average Bonchev–Trinajstić information content (AvgIpc) is 3.15. The van der Waals surface area contributed by atoms with Crippen molar-refractivity contribution >= 4 is 0 Å². The molecule has 0 bridgehead atoms. The molecule has 2 atom stereocenters. The Balaban J connectivity index is 1.40. The first kappa shape index (κ1) is 12.5. The SMILES string of the molecule is c1ccc2c(c1)[C@@H]1CNC[C@]21COc1ccc2c(c1)CCO2. The molecule has 2 heterocycles. The van der Waals surface area contributed by atoms with E-state index in [0.717, 1.165) is 44.2 Å². The fourth-order valence-corrected chi connectivity index (χ4v) is 4.32. The molecular weight excluding hydrogens is 274 g/mol. The smallest absolute Gasteiger partial charge is 0.122 e. The summed E-state index contributed by atoms with van der Waals surface area (Å²) in [6, 6.07) is 15.0. The molecule has 2 aliphatic heterocycles. The highest BCUT2D eigenvalue weighted by Gasteiger charge is 2.54. The van der Waals surface area contributed by atoms with Gasteiger partial charge in [0.05, 0.1) is 18.6 Å². The topological polar surface area (TPSA) is 30.5 Å². The van der Waals surface area contributed by atoms with E-state index in [4.69, 9.17) is 9.47 Å². The lowest BCUT2D eigenvalue weighted by Crippen LogP contribution is -2.48. The van der Waals surface area contributed by atoms with Crippen LogP contribution in [0.5, 0.6) is 11.5 Å². The maximum Gasteiger partial charge on any atom is 0.122 e. The van der Waals surface area contributed by atoms with Crippen LogP contribution in [-0.4, -0.2) is 26.3 Å². The fourth-order valence-electron chi connectivity index (χ4n) is 4.32. The normalized spacial score (nSPS) is 27.4. The molecule has 1 aliphatic carbocycles. The van der Waals surface area contributed by atoms with Crippen LogP contribution < -0.4 is 14.8 Å². The predicted octanol–water partition coefficient (Wildman–Crippen LogP) is 2.64. The largest absolute Gasteiger partial charge is 0.493 e. The van der Waals surface area contributed by atoms with E-state index in [1.807, 2.05) is 12.1 Å². The van der Waals surface area contributed by atoms with Gasteiger partial charge in [0, 0.05) is 31.0 Å². The molecule has 2 aromatic rings. The first-order valence-corrected chi connectivity index (χ1v) is 8.05. The van der Waals surface area contributed by atoms with Crippen molar-refractivity contribution in [3.63, 3.8) is 0 Å². The number of nitrogens with one attached hydrogen (secondary N) is 1. The Morgan fingerprint density at radius 2 is 2.18 bits per heavy atom. The Morgan fingerprint density at radius 3 is 3.18 bits per heavy atom. The molecule has 1 N–H and O–H groups in total. The molecule has 0 radical (unpaired) electrons. The van der Waals surface area contributed by atoms with E-state index in [1.165, 1.54) is 16.7 Å². The molecule has 112 valence electrons. The molecule has 0 aromatic heterocycles. The standard InChI is InChI=1S/C19H19NO2/c1-2-4-16-15(3-1)17-10-20-11-19(16,17)12-22-14-5-6-18-13(9-14)7-8-21-18/h1-6,9,17,20H,7-8,10-12H2/t17-,19-/m0/s1. The molecule has 2 aromatic carbocycles. The van der Waals surface area contributed by atoms with E-state index in [-0.39, 0.29) is 5.41 Å². The number of hydrogen-bond acceptors (Lipinski definition) is 3. The summed E-state index contributed by atoms with van der Waals surface area (Å²) in [6.45, 7) is 3.63. The van der Waals surface area contributed by atoms with E-state index in [9.17, 15) is 0 Å². The van der Waals surface area contributed by atoms with Crippen molar-refractivity contribution in [2.24, 2.45) is 0 Å². The molecule has 3 aliphatic rings. The summed E-state index contributed by atoms with van der Waals surface area (Å²) in [7, 11) is 0. The van der Waals surface area contributed by atoms with Gasteiger partial charge in [0.2, 0.25) is 0 Å². The predicted molar refractivity (Wildman–Crippen MR) is 84.9 cm³/mol. The Morgan fingerprint density at radius 1 is 1.23 bits per heavy atom. The van der Waals surface area contributed by atoms with Crippen LogP contribution >= 0.6 is 0 Å². The number of ether oxygens (including phenoxy) is 2. The molecule has 3 nitrogen and oxygen atoms in total. The zero-order valence-corrected chi connectivity index (χ0v) is 12.5. The van der Waals surface area contributed by atoms with Gasteiger partial charge in [0.25, 0.3) is 0 Å². The second-order valence-electron chi connectivity index (χ2n) is 6.58. The summed E-state index contributed by atoms with van der Waals surface area (Å²) < 4.78 is 11.8. The van der Waals surface area contributed by atoms with Crippen LogP contribution in [0.3, 0.4) is 0 Å². The lowest BCUT2D eigenvalue weighted by molar-refractivity contribution is 0.190. The maximum atomic E-state index is 6.20. The van der Waals surface area contributed by atoms with Crippen LogP contribution in [0.15, 0.2) is 42.5 Å². The monoisotopic (exact) mass is 293 g/mol. The van der Waals surface area contributed by atoms with Gasteiger partial charge in [-0.05, 0) is 29.3 Å². The van der Waals surface area contributed by atoms with Gasteiger partial charge in [-0.3, -0.25) is 0 Å². The summed E-state index contributed by atoms with van der Waals surface area (Å²) in [5, 5.41) is 3.55. The van der Waals surface area contributed by atoms with E-state index in [1.54, 1.807) is 0 Å². The molecule has 0 unspecified atom stereocenters. The first-order valence-electron chi connectivity index (χ1n) is 8.05. The highest BCUT2D eigenvalue weighted by molar-refractivity contribution is 5.53. The summed E-state index contributed by atoms with van der Waals surface area (Å²) in [5.41, 5.74) is 4.39. The molecule has 3 heteroatoms. The molecule has 0 amide bonds. The van der Waals surface area contributed by atoms with Crippen molar-refractivity contribution in [3.05, 3.63) is 59.2 Å². The zero-order valence-electron chi connectivity index (χ0n) is 12.5. The van der Waals surface area contributed by atoms with Gasteiger partial charge in [-0.1, -0.05) is 24.3 Å². The van der Waals surface area contributed by atoms with Crippen molar-refractivity contribution in [3.8, 4) is 11.5 Å². The third-order valence-electron chi connectivity index (χ3n) is 5.49. The summed E-state index contributed by atoms with van der Waals surface area (Å²) >= 11 is 0. The molecule has 1 fully saturated rings. The summed E-state index contributed by atoms with van der Waals surface area (Å²) in [4.78, 5) is 0. The number of hydrogen-bond donors (Lipinski definition) is 1. The van der Waals surface area contributed by atoms with Crippen molar-refractivity contribution in [1.82, 2.24) is 5.32 Å². The van der Waals surface area contributed by atoms with Crippen LogP contribution in [0.2, 0.25) is 0 Å². The fraction of sp³-hybridized carbons (Fsp3) is 0.368. The molecule has 5 rings (SSSR count). The molecule has 0 saturated carbocycles. The van der Waals surface area contributed by atoms with Gasteiger partial charge >= 0.3 is 0 Å². The number of fused-ring (bicyclic) bond motifs is 5. The summed E-state index contributed by atoms with van der Waals surface area (Å²) in [6.07, 6.45) is 0.991. The van der Waals surface area contributed by atoms with Gasteiger partial charge < -0.3 is 14.8 Å². The van der Waals surface area contributed by atoms with E-state index in [0.29, 0.717) is 5.92 Å². The van der Waals surface area contributed by atoms with Crippen molar-refractivity contribution < 1.29 is 9.47 Å². The minimum Gasteiger partial charge on any atom is -0.493 e. The van der Waals surface area contributed by atoms with Crippen LogP contribution in [0.4, 0.5) is 0 Å². The molecule has 0 spiro atoms. The lowest BCUT2D eigenvalue weighted by Gasteiger charge is -2.46. The summed E-state index contributed by atoms with van der Waals surface area (Å²) in [5.74, 6) is 2.58. The minimum atomic E-state index is 0.159. The van der Waals surface area contributed by atoms with Crippen molar-refractivity contribution in [1.29, 1.82) is 0 Å². The zero-order chi connectivity index (χ0) is 14.6. The van der Waals surface area contributed by atoms with Crippen LogP contribution in [-0.2, 0) is 11.8 Å². The van der Waals surface area contributed by atoms with E-state index in [2.05, 4.69) is 35.6 Å². The average molecular weight is 293 g/mol. The van der Waals surface area contributed by atoms with Gasteiger partial charge in [0.1, 0.15) is 11.5 Å². The van der Waals surface area contributed by atoms with Crippen LogP contribution in [0.1, 0.15) is 22.6 Å². The minimum absolute atomic E-state index is 0.159. The quantitative estimate of drug-likeness (QED) is 0.943. The molecular formula is C19H19NO2. The maximum absolute atomic E-state index is 6.20. The van der Waals surface area contributed by atoms with E-state index >= 15 is 0 Å². The Labute approximate surface area is 130 Å². The third kappa shape index (κ3) is 1.60. The molecule has 22 heavy (non-hydrogen) atoms. The van der Waals surface area contributed by atoms with Crippen molar-refractivity contribution in [2.45, 2.75) is 17.8 Å². The van der Waals surface area contributed by atoms with E-state index < -0.39 is 0 Å². The van der Waals surface area contributed by atoms with Gasteiger partial charge in [-0.25, -0.2) is 0 Å². The Hall–Kier alpha value is -2.00. The van der Waals surface area contributed by atoms with Gasteiger partial charge in [-0.2, -0.15) is 0 Å². The number of benzene rings is 2. The first-order chi connectivity index (χ1) is 10.9. The highest BCUT2D eigenvalue weighted by Crippen LogP contribution is 2.53. The van der Waals surface area contributed by atoms with Gasteiger partial charge in [0.15, 0.2) is 0 Å². The molecule has 1 saturated heterocycles. The Kier molecular flexibility index (Phi) is 2.56.